The van der Waals surface area contributed by atoms with Crippen LogP contribution in [-0.4, -0.2) is 42.0 Å². The van der Waals surface area contributed by atoms with Gasteiger partial charge in [-0.3, -0.25) is 0 Å². The molecule has 1 unspecified atom stereocenters. The summed E-state index contributed by atoms with van der Waals surface area (Å²) in [5, 5.41) is 12.2. The van der Waals surface area contributed by atoms with Crippen LogP contribution in [0, 0.1) is 17.2 Å². The first kappa shape index (κ1) is 24.1. The molecule has 184 valence electrons. The molecule has 1 N–H and O–H groups in total. The Bertz CT molecular complexity index is 1210. The Kier molecular flexibility index (Phi) is 7.64. The zero-order valence-electron chi connectivity index (χ0n) is 20.8. The number of amides is 2. The molecule has 0 spiro atoms. The minimum absolute atomic E-state index is 0.105. The molecule has 2 heterocycles. The van der Waals surface area contributed by atoms with Gasteiger partial charge < -0.3 is 15.1 Å². The van der Waals surface area contributed by atoms with Gasteiger partial charge in [-0.2, -0.15) is 5.26 Å². The number of carbonyl (C=O) groups is 1. The van der Waals surface area contributed by atoms with Crippen LogP contribution in [0.25, 0.3) is 0 Å². The molecule has 0 aliphatic carbocycles. The second-order valence-corrected chi connectivity index (χ2v) is 10.2. The van der Waals surface area contributed by atoms with E-state index in [1.54, 1.807) is 18.2 Å². The normalized spacial score (nSPS) is 18.3. The fraction of sp³-hybridized carbons (Fsp3) is 0.355. The Morgan fingerprint density at radius 1 is 0.972 bits per heavy atom. The fourth-order valence-corrected chi connectivity index (χ4v) is 5.68. The van der Waals surface area contributed by atoms with E-state index >= 15 is 0 Å². The van der Waals surface area contributed by atoms with Crippen molar-refractivity contribution >= 4 is 11.7 Å². The largest absolute Gasteiger partial charge is 0.322 e. The van der Waals surface area contributed by atoms with Crippen molar-refractivity contribution in [2.75, 3.05) is 31.5 Å². The van der Waals surface area contributed by atoms with Gasteiger partial charge in [0.25, 0.3) is 0 Å². The van der Waals surface area contributed by atoms with E-state index in [0.717, 1.165) is 32.0 Å². The summed E-state index contributed by atoms with van der Waals surface area (Å²) >= 11 is 0. The first-order valence-corrected chi connectivity index (χ1v) is 13.1. The van der Waals surface area contributed by atoms with E-state index < -0.39 is 0 Å². The number of carbonyl (C=O) groups excluding carboxylic acids is 1. The first-order valence-electron chi connectivity index (χ1n) is 13.1. The Labute approximate surface area is 214 Å². The summed E-state index contributed by atoms with van der Waals surface area (Å²) in [5.41, 5.74) is 5.27. The van der Waals surface area contributed by atoms with Crippen LogP contribution >= 0.6 is 0 Å². The molecule has 5 heteroatoms. The van der Waals surface area contributed by atoms with Crippen LogP contribution in [0.5, 0.6) is 0 Å². The van der Waals surface area contributed by atoms with Crippen molar-refractivity contribution in [2.24, 2.45) is 5.92 Å². The standard InChI is InChI=1S/C31H34N4O/c32-21-26-9-6-11-29(20-26)33-31(36)35-22-27-10-4-5-12-30(27)28(23-35)15-18-34-16-13-25(14-17-34)19-24-7-2-1-3-8-24/h1-12,20,25,28H,13-19,22-23H2,(H,33,36). The third-order valence-electron chi connectivity index (χ3n) is 7.70. The van der Waals surface area contributed by atoms with Gasteiger partial charge in [0.1, 0.15) is 0 Å². The average Bonchev–Trinajstić information content (AvgIpc) is 2.93. The molecule has 1 fully saturated rings. The molecule has 5 nitrogen and oxygen atoms in total. The van der Waals surface area contributed by atoms with Gasteiger partial charge in [-0.25, -0.2) is 4.79 Å². The topological polar surface area (TPSA) is 59.4 Å². The Morgan fingerprint density at radius 3 is 2.56 bits per heavy atom. The van der Waals surface area contributed by atoms with E-state index in [2.05, 4.69) is 70.9 Å². The number of benzene rings is 3. The number of nitriles is 1. The lowest BCUT2D eigenvalue weighted by molar-refractivity contribution is 0.168. The van der Waals surface area contributed by atoms with Crippen LogP contribution in [0.2, 0.25) is 0 Å². The van der Waals surface area contributed by atoms with Crippen molar-refractivity contribution in [3.63, 3.8) is 0 Å². The van der Waals surface area contributed by atoms with Gasteiger partial charge in [0.05, 0.1) is 11.6 Å². The van der Waals surface area contributed by atoms with Crippen molar-refractivity contribution in [3.05, 3.63) is 101 Å². The quantitative estimate of drug-likeness (QED) is 0.470. The molecule has 1 atom stereocenters. The van der Waals surface area contributed by atoms with Gasteiger partial charge in [-0.05, 0) is 86.1 Å². The summed E-state index contributed by atoms with van der Waals surface area (Å²) in [5.74, 6) is 1.10. The molecule has 0 bridgehead atoms. The monoisotopic (exact) mass is 478 g/mol. The van der Waals surface area contributed by atoms with Crippen molar-refractivity contribution in [1.82, 2.24) is 9.80 Å². The zero-order chi connectivity index (χ0) is 24.7. The average molecular weight is 479 g/mol. The second kappa shape index (κ2) is 11.4. The number of nitrogens with zero attached hydrogens (tertiary/aromatic N) is 3. The van der Waals surface area contributed by atoms with Gasteiger partial charge in [0, 0.05) is 24.7 Å². The van der Waals surface area contributed by atoms with Gasteiger partial charge in [-0.1, -0.05) is 60.7 Å². The first-order chi connectivity index (χ1) is 17.7. The van der Waals surface area contributed by atoms with Crippen molar-refractivity contribution < 1.29 is 4.79 Å². The maximum atomic E-state index is 13.1. The highest BCUT2D eigenvalue weighted by atomic mass is 16.2. The second-order valence-electron chi connectivity index (χ2n) is 10.2. The van der Waals surface area contributed by atoms with Crippen molar-refractivity contribution in [2.45, 2.75) is 38.1 Å². The number of urea groups is 1. The summed E-state index contributed by atoms with van der Waals surface area (Å²) in [6.07, 6.45) is 4.75. The van der Waals surface area contributed by atoms with Gasteiger partial charge in [-0.15, -0.1) is 0 Å². The van der Waals surface area contributed by atoms with E-state index in [9.17, 15) is 4.79 Å². The number of piperidine rings is 1. The van der Waals surface area contributed by atoms with Gasteiger partial charge in [0.2, 0.25) is 0 Å². The van der Waals surface area contributed by atoms with Crippen molar-refractivity contribution in [3.8, 4) is 6.07 Å². The molecule has 3 aromatic rings. The number of rotatable bonds is 6. The van der Waals surface area contributed by atoms with Gasteiger partial charge >= 0.3 is 6.03 Å². The lowest BCUT2D eigenvalue weighted by atomic mass is 9.86. The Balaban J connectivity index is 1.17. The number of fused-ring (bicyclic) bond motifs is 1. The highest BCUT2D eigenvalue weighted by molar-refractivity contribution is 5.89. The summed E-state index contributed by atoms with van der Waals surface area (Å²) in [4.78, 5) is 17.7. The van der Waals surface area contributed by atoms with E-state index in [0.29, 0.717) is 30.3 Å². The van der Waals surface area contributed by atoms with Crippen LogP contribution < -0.4 is 5.32 Å². The van der Waals surface area contributed by atoms with Crippen LogP contribution in [0.4, 0.5) is 10.5 Å². The summed E-state index contributed by atoms with van der Waals surface area (Å²) in [6.45, 7) is 4.71. The molecule has 2 amide bonds. The van der Waals surface area contributed by atoms with Crippen LogP contribution in [0.1, 0.15) is 47.4 Å². The summed E-state index contributed by atoms with van der Waals surface area (Å²) < 4.78 is 0. The Hall–Kier alpha value is -3.62. The van der Waals surface area contributed by atoms with Crippen LogP contribution in [0.3, 0.4) is 0 Å². The lowest BCUT2D eigenvalue weighted by Gasteiger charge is -2.37. The SMILES string of the molecule is N#Cc1cccc(NC(=O)N2Cc3ccccc3C(CCN3CCC(Cc4ccccc4)CC3)C2)c1. The molecule has 0 radical (unpaired) electrons. The molecule has 3 aromatic carbocycles. The molecule has 36 heavy (non-hydrogen) atoms. The predicted molar refractivity (Wildman–Crippen MR) is 144 cm³/mol. The maximum Gasteiger partial charge on any atom is 0.322 e. The number of hydrogen-bond donors (Lipinski definition) is 1. The third kappa shape index (κ3) is 5.95. The van der Waals surface area contributed by atoms with Gasteiger partial charge in [0.15, 0.2) is 0 Å². The highest BCUT2D eigenvalue weighted by Crippen LogP contribution is 2.32. The molecule has 1 saturated heterocycles. The molecule has 0 aromatic heterocycles. The van der Waals surface area contributed by atoms with E-state index in [1.807, 2.05) is 11.0 Å². The minimum Gasteiger partial charge on any atom is -0.320 e. The molecule has 2 aliphatic rings. The maximum absolute atomic E-state index is 13.1. The predicted octanol–water partition coefficient (Wildman–Crippen LogP) is 6.03. The minimum atomic E-state index is -0.105. The van der Waals surface area contributed by atoms with Crippen molar-refractivity contribution in [1.29, 1.82) is 5.26 Å². The number of likely N-dealkylation sites (tertiary alicyclic amines) is 1. The number of hydrogen-bond acceptors (Lipinski definition) is 3. The number of nitrogens with one attached hydrogen (secondary N) is 1. The van der Waals surface area contributed by atoms with Crippen LogP contribution in [0.15, 0.2) is 78.9 Å². The summed E-state index contributed by atoms with van der Waals surface area (Å²) in [6, 6.07) is 28.5. The molecular weight excluding hydrogens is 444 g/mol. The molecule has 2 aliphatic heterocycles. The molecule has 5 rings (SSSR count). The highest BCUT2D eigenvalue weighted by Gasteiger charge is 2.29. The smallest absolute Gasteiger partial charge is 0.320 e. The fourth-order valence-electron chi connectivity index (χ4n) is 5.68. The van der Waals surface area contributed by atoms with E-state index in [-0.39, 0.29) is 6.03 Å². The Morgan fingerprint density at radius 2 is 1.75 bits per heavy atom. The van der Waals surface area contributed by atoms with E-state index in [1.165, 1.54) is 36.0 Å². The van der Waals surface area contributed by atoms with Crippen LogP contribution in [-0.2, 0) is 13.0 Å². The molecular formula is C31H34N4O. The number of anilines is 1. The van der Waals surface area contributed by atoms with E-state index in [4.69, 9.17) is 5.26 Å². The third-order valence-corrected chi connectivity index (χ3v) is 7.70. The summed E-state index contributed by atoms with van der Waals surface area (Å²) in [7, 11) is 0. The zero-order valence-corrected chi connectivity index (χ0v) is 20.8. The lowest BCUT2D eigenvalue weighted by Crippen LogP contribution is -2.42. The molecule has 0 saturated carbocycles.